The second-order valence-electron chi connectivity index (χ2n) is 4.37. The van der Waals surface area contributed by atoms with Crippen LogP contribution in [0.15, 0.2) is 34.9 Å². The topological polar surface area (TPSA) is 92.4 Å². The molecule has 0 aliphatic rings. The van der Waals surface area contributed by atoms with Crippen LogP contribution in [0.3, 0.4) is 0 Å². The van der Waals surface area contributed by atoms with Crippen molar-refractivity contribution in [2.24, 2.45) is 0 Å². The van der Waals surface area contributed by atoms with E-state index in [-0.39, 0.29) is 22.9 Å². The fourth-order valence-electron chi connectivity index (χ4n) is 1.88. The van der Waals surface area contributed by atoms with Crippen molar-refractivity contribution in [3.63, 3.8) is 0 Å². The highest BCUT2D eigenvalue weighted by atomic mass is 16.5. The maximum absolute atomic E-state index is 12.0. The van der Waals surface area contributed by atoms with E-state index in [0.29, 0.717) is 5.56 Å². The van der Waals surface area contributed by atoms with E-state index in [0.717, 1.165) is 0 Å². The van der Waals surface area contributed by atoms with E-state index in [1.54, 1.807) is 38.1 Å². The van der Waals surface area contributed by atoms with Gasteiger partial charge in [0.2, 0.25) is 0 Å². The molecule has 0 aliphatic heterocycles. The fraction of sp³-hybridized carbons (Fsp3) is 0.214. The number of nitrogens with one attached hydrogen (secondary N) is 1. The van der Waals surface area contributed by atoms with Crippen molar-refractivity contribution in [1.29, 1.82) is 0 Å². The Morgan fingerprint density at radius 1 is 1.30 bits per heavy atom. The van der Waals surface area contributed by atoms with E-state index >= 15 is 0 Å². The Morgan fingerprint density at radius 2 is 1.95 bits per heavy atom. The molecular formula is C14H14N2O4. The second-order valence-corrected chi connectivity index (χ2v) is 4.37. The van der Waals surface area contributed by atoms with E-state index in [1.807, 2.05) is 6.07 Å². The number of amides is 1. The number of rotatable bonds is 4. The summed E-state index contributed by atoms with van der Waals surface area (Å²) in [6, 6.07) is 8.07. The van der Waals surface area contributed by atoms with Crippen LogP contribution in [0, 0.1) is 6.92 Å². The minimum Gasteiger partial charge on any atom is -0.477 e. The Kier molecular flexibility index (Phi) is 3.84. The van der Waals surface area contributed by atoms with Gasteiger partial charge in [0.1, 0.15) is 5.56 Å². The molecule has 0 radical (unpaired) electrons. The predicted molar refractivity (Wildman–Crippen MR) is 70.5 cm³/mol. The number of nitrogens with zero attached hydrogens (tertiary/aromatic N) is 1. The summed E-state index contributed by atoms with van der Waals surface area (Å²) in [4.78, 5) is 23.1. The highest BCUT2D eigenvalue weighted by Crippen LogP contribution is 2.21. The van der Waals surface area contributed by atoms with Gasteiger partial charge in [-0.25, -0.2) is 4.79 Å². The van der Waals surface area contributed by atoms with Gasteiger partial charge in [0, 0.05) is 5.56 Å². The summed E-state index contributed by atoms with van der Waals surface area (Å²) in [6.07, 6.45) is 0. The lowest BCUT2D eigenvalue weighted by Gasteiger charge is -2.11. The Hall–Kier alpha value is -2.63. The molecule has 0 unspecified atom stereocenters. The molecule has 0 fully saturated rings. The molecule has 1 aromatic carbocycles. The minimum absolute atomic E-state index is 0.00846. The summed E-state index contributed by atoms with van der Waals surface area (Å²) in [5.41, 5.74) is 0.770. The van der Waals surface area contributed by atoms with Crippen LogP contribution in [0.5, 0.6) is 0 Å². The Morgan fingerprint density at radius 3 is 2.55 bits per heavy atom. The highest BCUT2D eigenvalue weighted by molar-refractivity contribution is 5.95. The summed E-state index contributed by atoms with van der Waals surface area (Å²) in [5.74, 6) is -1.29. The van der Waals surface area contributed by atoms with Gasteiger partial charge in [-0.15, -0.1) is 0 Å². The Bertz CT molecular complexity index is 634. The second kappa shape index (κ2) is 5.56. The van der Waals surface area contributed by atoms with Crippen molar-refractivity contribution in [3.8, 4) is 0 Å². The molecule has 2 rings (SSSR count). The van der Waals surface area contributed by atoms with Crippen LogP contribution in [0.25, 0.3) is 0 Å². The van der Waals surface area contributed by atoms with Gasteiger partial charge in [-0.1, -0.05) is 23.4 Å². The number of aromatic nitrogens is 1. The average Bonchev–Trinajstić information content (AvgIpc) is 2.81. The summed E-state index contributed by atoms with van der Waals surface area (Å²) >= 11 is 0. The van der Waals surface area contributed by atoms with Crippen LogP contribution in [-0.4, -0.2) is 22.1 Å². The maximum Gasteiger partial charge on any atom is 0.341 e. The number of aryl methyl sites for hydroxylation is 1. The number of benzene rings is 1. The molecule has 0 saturated carbocycles. The number of aromatic carboxylic acids is 1. The van der Waals surface area contributed by atoms with E-state index < -0.39 is 12.0 Å². The lowest BCUT2D eigenvalue weighted by molar-refractivity contribution is 0.0690. The Labute approximate surface area is 115 Å². The quantitative estimate of drug-likeness (QED) is 0.891. The molecule has 1 atom stereocenters. The van der Waals surface area contributed by atoms with Gasteiger partial charge in [-0.3, -0.25) is 4.79 Å². The van der Waals surface area contributed by atoms with Crippen molar-refractivity contribution in [1.82, 2.24) is 10.5 Å². The van der Waals surface area contributed by atoms with Crippen LogP contribution in [0.1, 0.15) is 45.1 Å². The van der Waals surface area contributed by atoms with Crippen molar-refractivity contribution in [2.75, 3.05) is 0 Å². The number of hydrogen-bond acceptors (Lipinski definition) is 4. The monoisotopic (exact) mass is 274 g/mol. The maximum atomic E-state index is 12.0. The van der Waals surface area contributed by atoms with Crippen LogP contribution < -0.4 is 5.32 Å². The SMILES string of the molecule is Cc1noc([C@@H](C)NC(=O)c2ccccc2)c1C(=O)O. The summed E-state index contributed by atoms with van der Waals surface area (Å²) in [7, 11) is 0. The molecule has 2 aromatic rings. The van der Waals surface area contributed by atoms with Crippen molar-refractivity contribution in [3.05, 3.63) is 52.9 Å². The van der Waals surface area contributed by atoms with Gasteiger partial charge in [-0.2, -0.15) is 0 Å². The van der Waals surface area contributed by atoms with Crippen molar-refractivity contribution in [2.45, 2.75) is 19.9 Å². The summed E-state index contributed by atoms with van der Waals surface area (Å²) in [5, 5.41) is 15.4. The molecule has 0 saturated heterocycles. The van der Waals surface area contributed by atoms with Gasteiger partial charge in [0.15, 0.2) is 5.76 Å². The normalized spacial score (nSPS) is 11.9. The average molecular weight is 274 g/mol. The molecule has 0 aliphatic carbocycles. The van der Waals surface area contributed by atoms with E-state index in [1.165, 1.54) is 0 Å². The third-order valence-electron chi connectivity index (χ3n) is 2.88. The third-order valence-corrected chi connectivity index (χ3v) is 2.88. The molecule has 0 spiro atoms. The zero-order valence-corrected chi connectivity index (χ0v) is 11.1. The first kappa shape index (κ1) is 13.8. The third kappa shape index (κ3) is 2.69. The lowest BCUT2D eigenvalue weighted by atomic mass is 10.1. The van der Waals surface area contributed by atoms with E-state index in [4.69, 9.17) is 9.63 Å². The Balaban J connectivity index is 2.19. The molecule has 2 N–H and O–H groups in total. The van der Waals surface area contributed by atoms with Crippen LogP contribution in [0.4, 0.5) is 0 Å². The largest absolute Gasteiger partial charge is 0.477 e. The minimum atomic E-state index is -1.13. The first-order chi connectivity index (χ1) is 9.50. The molecular weight excluding hydrogens is 260 g/mol. The number of hydrogen-bond donors (Lipinski definition) is 2. The smallest absolute Gasteiger partial charge is 0.341 e. The van der Waals surface area contributed by atoms with Gasteiger partial charge in [0.25, 0.3) is 5.91 Å². The van der Waals surface area contributed by atoms with Gasteiger partial charge in [0.05, 0.1) is 11.7 Å². The van der Waals surface area contributed by atoms with Crippen LogP contribution >= 0.6 is 0 Å². The molecule has 1 amide bonds. The molecule has 104 valence electrons. The first-order valence-corrected chi connectivity index (χ1v) is 6.06. The molecule has 1 heterocycles. The standard InChI is InChI=1S/C14H14N2O4/c1-8-11(14(18)19)12(20-16-8)9(2)15-13(17)10-6-4-3-5-7-10/h3-7,9H,1-2H3,(H,15,17)(H,18,19)/t9-/m1/s1. The number of carbonyl (C=O) groups excluding carboxylic acids is 1. The predicted octanol–water partition coefficient (Wildman–Crippen LogP) is 2.17. The van der Waals surface area contributed by atoms with Gasteiger partial charge >= 0.3 is 5.97 Å². The highest BCUT2D eigenvalue weighted by Gasteiger charge is 2.25. The van der Waals surface area contributed by atoms with Crippen molar-refractivity contribution >= 4 is 11.9 Å². The first-order valence-electron chi connectivity index (χ1n) is 6.06. The molecule has 1 aromatic heterocycles. The molecule has 0 bridgehead atoms. The summed E-state index contributed by atoms with van der Waals surface area (Å²) in [6.45, 7) is 3.19. The van der Waals surface area contributed by atoms with E-state index in [9.17, 15) is 9.59 Å². The zero-order chi connectivity index (χ0) is 14.7. The fourth-order valence-corrected chi connectivity index (χ4v) is 1.88. The lowest BCUT2D eigenvalue weighted by Crippen LogP contribution is -2.27. The van der Waals surface area contributed by atoms with Crippen LogP contribution in [0.2, 0.25) is 0 Å². The number of carbonyl (C=O) groups is 2. The number of carboxylic acid groups (broad SMARTS) is 1. The summed E-state index contributed by atoms with van der Waals surface area (Å²) < 4.78 is 5.01. The van der Waals surface area contributed by atoms with Crippen LogP contribution in [-0.2, 0) is 0 Å². The van der Waals surface area contributed by atoms with Gasteiger partial charge in [-0.05, 0) is 26.0 Å². The van der Waals surface area contributed by atoms with Gasteiger partial charge < -0.3 is 14.9 Å². The zero-order valence-electron chi connectivity index (χ0n) is 11.1. The number of carboxylic acids is 1. The molecule has 6 nitrogen and oxygen atoms in total. The van der Waals surface area contributed by atoms with E-state index in [2.05, 4.69) is 10.5 Å². The molecule has 6 heteroatoms. The molecule has 20 heavy (non-hydrogen) atoms. The van der Waals surface area contributed by atoms with Crippen molar-refractivity contribution < 1.29 is 19.2 Å².